The van der Waals surface area contributed by atoms with Crippen molar-refractivity contribution in [3.63, 3.8) is 0 Å². The van der Waals surface area contributed by atoms with Crippen LogP contribution in [0.3, 0.4) is 0 Å². The highest BCUT2D eigenvalue weighted by molar-refractivity contribution is 6.28. The summed E-state index contributed by atoms with van der Waals surface area (Å²) in [6.07, 6.45) is 0.482. The molecule has 128 valence electrons. The van der Waals surface area contributed by atoms with E-state index in [1.54, 1.807) is 4.90 Å². The normalized spacial score (nSPS) is 16.0. The van der Waals surface area contributed by atoms with E-state index in [4.69, 9.17) is 21.1 Å². The summed E-state index contributed by atoms with van der Waals surface area (Å²) in [5.74, 6) is 0.452. The fourth-order valence-corrected chi connectivity index (χ4v) is 2.33. The second-order valence-electron chi connectivity index (χ2n) is 6.20. The molecule has 1 aromatic heterocycles. The Balaban J connectivity index is 2.04. The maximum Gasteiger partial charge on any atom is 0.410 e. The summed E-state index contributed by atoms with van der Waals surface area (Å²) < 4.78 is 10.4. The lowest BCUT2D eigenvalue weighted by molar-refractivity contribution is 0.0263. The van der Waals surface area contributed by atoms with Crippen molar-refractivity contribution < 1.29 is 14.3 Å². The molecule has 1 aliphatic rings. The molecule has 23 heavy (non-hydrogen) atoms. The quantitative estimate of drug-likeness (QED) is 0.812. The van der Waals surface area contributed by atoms with E-state index in [2.05, 4.69) is 15.0 Å². The summed E-state index contributed by atoms with van der Waals surface area (Å²) >= 11 is 5.89. The van der Waals surface area contributed by atoms with Gasteiger partial charge in [0.1, 0.15) is 5.60 Å². The minimum absolute atomic E-state index is 0.0834. The van der Waals surface area contributed by atoms with E-state index in [1.807, 2.05) is 25.7 Å². The molecule has 0 bridgehead atoms. The van der Waals surface area contributed by atoms with E-state index in [9.17, 15) is 4.79 Å². The van der Waals surface area contributed by atoms with E-state index in [0.29, 0.717) is 32.1 Å². The zero-order chi connectivity index (χ0) is 17.0. The van der Waals surface area contributed by atoms with E-state index >= 15 is 0 Å². The average molecular weight is 344 g/mol. The number of hydrogen-bond donors (Lipinski definition) is 0. The Kier molecular flexibility index (Phi) is 5.46. The Bertz CT molecular complexity index is 564. The lowest BCUT2D eigenvalue weighted by Crippen LogP contribution is -2.39. The SMILES string of the molecule is COc1nc(Cl)nc(N2CCCN(C(=O)OC(C)(C)C)CC2)n1. The number of carbonyl (C=O) groups excluding carboxylic acids is 1. The molecule has 1 aromatic rings. The van der Waals surface area contributed by atoms with Crippen molar-refractivity contribution in [1.82, 2.24) is 19.9 Å². The van der Waals surface area contributed by atoms with E-state index < -0.39 is 5.60 Å². The number of carbonyl (C=O) groups is 1. The molecule has 0 N–H and O–H groups in total. The molecule has 0 atom stereocenters. The van der Waals surface area contributed by atoms with Crippen molar-refractivity contribution in [1.29, 1.82) is 0 Å². The highest BCUT2D eigenvalue weighted by atomic mass is 35.5. The summed E-state index contributed by atoms with van der Waals surface area (Å²) in [5, 5.41) is 0.0834. The van der Waals surface area contributed by atoms with Crippen LogP contribution in [0.1, 0.15) is 27.2 Å². The van der Waals surface area contributed by atoms with Gasteiger partial charge in [0.15, 0.2) is 0 Å². The molecule has 0 unspecified atom stereocenters. The van der Waals surface area contributed by atoms with Crippen LogP contribution < -0.4 is 9.64 Å². The van der Waals surface area contributed by atoms with Crippen molar-refractivity contribution >= 4 is 23.6 Å². The zero-order valence-electron chi connectivity index (χ0n) is 13.9. The van der Waals surface area contributed by atoms with Crippen LogP contribution in [0, 0.1) is 0 Å². The van der Waals surface area contributed by atoms with Crippen LogP contribution >= 0.6 is 11.6 Å². The number of halogens is 1. The van der Waals surface area contributed by atoms with Gasteiger partial charge in [0.2, 0.25) is 11.2 Å². The van der Waals surface area contributed by atoms with Gasteiger partial charge in [0.25, 0.3) is 0 Å². The summed E-state index contributed by atoms with van der Waals surface area (Å²) in [7, 11) is 1.47. The van der Waals surface area contributed by atoms with Gasteiger partial charge >= 0.3 is 12.1 Å². The molecule has 1 fully saturated rings. The maximum absolute atomic E-state index is 12.2. The van der Waals surface area contributed by atoms with Crippen molar-refractivity contribution in [2.24, 2.45) is 0 Å². The van der Waals surface area contributed by atoms with Crippen molar-refractivity contribution in [3.05, 3.63) is 5.28 Å². The van der Waals surface area contributed by atoms with Gasteiger partial charge in [0, 0.05) is 26.2 Å². The molecule has 0 spiro atoms. The molecule has 2 heterocycles. The number of rotatable bonds is 2. The van der Waals surface area contributed by atoms with Crippen LogP contribution in [0.4, 0.5) is 10.7 Å². The summed E-state index contributed by atoms with van der Waals surface area (Å²) in [6, 6.07) is 0.174. The first kappa shape index (κ1) is 17.5. The van der Waals surface area contributed by atoms with Gasteiger partial charge in [-0.2, -0.15) is 15.0 Å². The van der Waals surface area contributed by atoms with Gasteiger partial charge in [0.05, 0.1) is 7.11 Å². The summed E-state index contributed by atoms with van der Waals surface area (Å²) in [6.45, 7) is 8.02. The van der Waals surface area contributed by atoms with Crippen LogP contribution in [0.5, 0.6) is 6.01 Å². The molecule has 1 amide bonds. The third kappa shape index (κ3) is 5.09. The Morgan fingerprint density at radius 2 is 1.87 bits per heavy atom. The molecule has 8 nitrogen and oxygen atoms in total. The van der Waals surface area contributed by atoms with Crippen molar-refractivity contribution in [2.75, 3.05) is 38.2 Å². The van der Waals surface area contributed by atoms with E-state index in [1.165, 1.54) is 7.11 Å². The van der Waals surface area contributed by atoms with Crippen LogP contribution in [0.25, 0.3) is 0 Å². The third-order valence-electron chi connectivity index (χ3n) is 3.19. The number of ether oxygens (including phenoxy) is 2. The Labute approximate surface area is 140 Å². The van der Waals surface area contributed by atoms with Crippen molar-refractivity contribution in [3.8, 4) is 6.01 Å². The fraction of sp³-hybridized carbons (Fsp3) is 0.714. The molecule has 1 saturated heterocycles. The van der Waals surface area contributed by atoms with E-state index in [0.717, 1.165) is 6.42 Å². The van der Waals surface area contributed by atoms with E-state index in [-0.39, 0.29) is 17.4 Å². The molecule has 1 aliphatic heterocycles. The predicted molar refractivity (Wildman–Crippen MR) is 86.0 cm³/mol. The molecule has 0 aliphatic carbocycles. The smallest absolute Gasteiger partial charge is 0.410 e. The van der Waals surface area contributed by atoms with Crippen LogP contribution in [-0.2, 0) is 4.74 Å². The first-order valence-electron chi connectivity index (χ1n) is 7.47. The molecule has 0 saturated carbocycles. The minimum Gasteiger partial charge on any atom is -0.467 e. The number of hydrogen-bond acceptors (Lipinski definition) is 7. The first-order chi connectivity index (χ1) is 10.8. The Hall–Kier alpha value is -1.83. The van der Waals surface area contributed by atoms with Crippen molar-refractivity contribution in [2.45, 2.75) is 32.8 Å². The Morgan fingerprint density at radius 3 is 2.52 bits per heavy atom. The van der Waals surface area contributed by atoms with Gasteiger partial charge in [-0.1, -0.05) is 0 Å². The standard InChI is InChI=1S/C14H22ClN5O3/c1-14(2,3)23-13(21)20-7-5-6-19(8-9-20)11-16-10(15)17-12(18-11)22-4/h5-9H2,1-4H3. The van der Waals surface area contributed by atoms with Gasteiger partial charge in [-0.15, -0.1) is 0 Å². The average Bonchev–Trinajstić information content (AvgIpc) is 2.70. The Morgan fingerprint density at radius 1 is 1.13 bits per heavy atom. The van der Waals surface area contributed by atoms with Crippen LogP contribution in [-0.4, -0.2) is 64.8 Å². The lowest BCUT2D eigenvalue weighted by Gasteiger charge is -2.26. The number of anilines is 1. The molecule has 0 radical (unpaired) electrons. The molecule has 2 rings (SSSR count). The highest BCUT2D eigenvalue weighted by Crippen LogP contribution is 2.18. The summed E-state index contributed by atoms with van der Waals surface area (Å²) in [4.78, 5) is 28.0. The monoisotopic (exact) mass is 343 g/mol. The van der Waals surface area contributed by atoms with Gasteiger partial charge in [-0.3, -0.25) is 0 Å². The van der Waals surface area contributed by atoms with Gasteiger partial charge in [-0.05, 0) is 38.8 Å². The molecule has 0 aromatic carbocycles. The third-order valence-corrected chi connectivity index (χ3v) is 3.36. The number of amides is 1. The number of nitrogens with zero attached hydrogens (tertiary/aromatic N) is 5. The fourth-order valence-electron chi connectivity index (χ4n) is 2.18. The first-order valence-corrected chi connectivity index (χ1v) is 7.85. The molecule has 9 heteroatoms. The lowest BCUT2D eigenvalue weighted by atomic mass is 10.2. The zero-order valence-corrected chi connectivity index (χ0v) is 14.6. The van der Waals surface area contributed by atoms with Crippen LogP contribution in [0.15, 0.2) is 0 Å². The predicted octanol–water partition coefficient (Wildman–Crippen LogP) is 1.98. The van der Waals surface area contributed by atoms with Crippen LogP contribution in [0.2, 0.25) is 5.28 Å². The summed E-state index contributed by atoms with van der Waals surface area (Å²) in [5.41, 5.74) is -0.502. The minimum atomic E-state index is -0.502. The van der Waals surface area contributed by atoms with Gasteiger partial charge < -0.3 is 19.3 Å². The maximum atomic E-state index is 12.2. The largest absolute Gasteiger partial charge is 0.467 e. The molecular weight excluding hydrogens is 322 g/mol. The number of aromatic nitrogens is 3. The second kappa shape index (κ2) is 7.16. The number of methoxy groups -OCH3 is 1. The van der Waals surface area contributed by atoms with Gasteiger partial charge in [-0.25, -0.2) is 4.79 Å². The second-order valence-corrected chi connectivity index (χ2v) is 6.54. The highest BCUT2D eigenvalue weighted by Gasteiger charge is 2.25. The topological polar surface area (TPSA) is 80.7 Å². The molecular formula is C14H22ClN5O3.